The zero-order chi connectivity index (χ0) is 12.7. The quantitative estimate of drug-likeness (QED) is 0.794. The van der Waals surface area contributed by atoms with Crippen LogP contribution in [0.5, 0.6) is 0 Å². The smallest absolute Gasteiger partial charge is 0.224 e. The molecule has 0 saturated carbocycles. The highest BCUT2D eigenvalue weighted by Crippen LogP contribution is 2.12. The van der Waals surface area contributed by atoms with Gasteiger partial charge in [-0.25, -0.2) is 0 Å². The van der Waals surface area contributed by atoms with Crippen LogP contribution in [0.3, 0.4) is 0 Å². The zero-order valence-electron chi connectivity index (χ0n) is 10.9. The number of amides is 1. The van der Waals surface area contributed by atoms with E-state index in [4.69, 9.17) is 0 Å². The second-order valence-electron chi connectivity index (χ2n) is 4.28. The molecule has 1 aromatic carbocycles. The minimum absolute atomic E-state index is 0.0788. The molecule has 0 aliphatic rings. The molecule has 1 amide bonds. The van der Waals surface area contributed by atoms with E-state index in [1.807, 2.05) is 31.2 Å². The van der Waals surface area contributed by atoms with E-state index in [0.717, 1.165) is 17.7 Å². The fourth-order valence-corrected chi connectivity index (χ4v) is 1.55. The van der Waals surface area contributed by atoms with Gasteiger partial charge in [0.25, 0.3) is 0 Å². The number of likely N-dealkylation sites (N-methyl/N-ethyl adjacent to an activating group) is 1. The minimum atomic E-state index is 0.0788. The Hall–Kier alpha value is -1.51. The molecule has 0 radical (unpaired) electrons. The molecule has 0 aliphatic carbocycles. The van der Waals surface area contributed by atoms with Crippen LogP contribution in [0.25, 0.3) is 0 Å². The maximum atomic E-state index is 11.4. The third-order valence-corrected chi connectivity index (χ3v) is 2.72. The second-order valence-corrected chi connectivity index (χ2v) is 4.28. The Morgan fingerprint density at radius 3 is 2.41 bits per heavy atom. The first kappa shape index (κ1) is 13.6. The maximum Gasteiger partial charge on any atom is 0.224 e. The van der Waals surface area contributed by atoms with Crippen molar-refractivity contribution in [2.75, 3.05) is 11.9 Å². The molecular formula is C14H22N2O. The molecule has 2 N–H and O–H groups in total. The van der Waals surface area contributed by atoms with E-state index in [2.05, 4.69) is 24.5 Å². The Labute approximate surface area is 104 Å². The van der Waals surface area contributed by atoms with Crippen LogP contribution >= 0.6 is 0 Å². The molecule has 0 fully saturated rings. The summed E-state index contributed by atoms with van der Waals surface area (Å²) in [5.74, 6) is 0.0788. The van der Waals surface area contributed by atoms with Crippen molar-refractivity contribution in [3.05, 3.63) is 29.8 Å². The van der Waals surface area contributed by atoms with Crippen LogP contribution in [0, 0.1) is 0 Å². The first-order valence-electron chi connectivity index (χ1n) is 6.27. The highest BCUT2D eigenvalue weighted by atomic mass is 16.1. The van der Waals surface area contributed by atoms with Gasteiger partial charge in [0.15, 0.2) is 0 Å². The van der Waals surface area contributed by atoms with Gasteiger partial charge in [-0.05, 0) is 38.0 Å². The van der Waals surface area contributed by atoms with Gasteiger partial charge in [-0.15, -0.1) is 0 Å². The number of hydrogen-bond acceptors (Lipinski definition) is 2. The van der Waals surface area contributed by atoms with Crippen LogP contribution in [0.15, 0.2) is 24.3 Å². The first-order valence-corrected chi connectivity index (χ1v) is 6.27. The zero-order valence-corrected chi connectivity index (χ0v) is 10.9. The summed E-state index contributed by atoms with van der Waals surface area (Å²) < 4.78 is 0. The summed E-state index contributed by atoms with van der Waals surface area (Å²) in [5.41, 5.74) is 2.16. The van der Waals surface area contributed by atoms with Gasteiger partial charge >= 0.3 is 0 Å². The van der Waals surface area contributed by atoms with Crippen LogP contribution in [-0.2, 0) is 11.2 Å². The summed E-state index contributed by atoms with van der Waals surface area (Å²) in [6.45, 7) is 6.92. The number of nitrogens with one attached hydrogen (secondary N) is 2. The van der Waals surface area contributed by atoms with Crippen molar-refractivity contribution in [3.8, 4) is 0 Å². The number of rotatable bonds is 6. The fourth-order valence-electron chi connectivity index (χ4n) is 1.55. The Kier molecular flexibility index (Phi) is 5.53. The van der Waals surface area contributed by atoms with Gasteiger partial charge in [-0.1, -0.05) is 19.1 Å². The van der Waals surface area contributed by atoms with Crippen molar-refractivity contribution >= 4 is 11.6 Å². The molecule has 1 aromatic rings. The Morgan fingerprint density at radius 1 is 1.24 bits per heavy atom. The number of anilines is 1. The van der Waals surface area contributed by atoms with Crippen LogP contribution in [0.2, 0.25) is 0 Å². The molecule has 0 aromatic heterocycles. The van der Waals surface area contributed by atoms with E-state index in [0.29, 0.717) is 19.0 Å². The molecule has 0 bridgehead atoms. The van der Waals surface area contributed by atoms with Crippen molar-refractivity contribution in [2.24, 2.45) is 0 Å². The number of carbonyl (C=O) groups excluding carboxylic acids is 1. The van der Waals surface area contributed by atoms with Crippen molar-refractivity contribution in [3.63, 3.8) is 0 Å². The molecule has 3 heteroatoms. The van der Waals surface area contributed by atoms with Crippen molar-refractivity contribution in [1.82, 2.24) is 5.32 Å². The molecule has 0 aliphatic heterocycles. The standard InChI is InChI=1S/C14H22N2O/c1-4-11(3)16-13-8-6-12(7-9-13)10-14(17)15-5-2/h6-9,11,16H,4-5,10H2,1-3H3,(H,15,17). The maximum absolute atomic E-state index is 11.4. The largest absolute Gasteiger partial charge is 0.383 e. The van der Waals surface area contributed by atoms with Gasteiger partial charge in [0.05, 0.1) is 6.42 Å². The van der Waals surface area contributed by atoms with Crippen LogP contribution in [0.1, 0.15) is 32.8 Å². The first-order chi connectivity index (χ1) is 8.15. The molecule has 1 rings (SSSR count). The van der Waals surface area contributed by atoms with E-state index in [-0.39, 0.29) is 5.91 Å². The molecule has 94 valence electrons. The monoisotopic (exact) mass is 234 g/mol. The van der Waals surface area contributed by atoms with Crippen LogP contribution in [0.4, 0.5) is 5.69 Å². The third-order valence-electron chi connectivity index (χ3n) is 2.72. The normalized spacial score (nSPS) is 11.9. The SMILES string of the molecule is CCNC(=O)Cc1ccc(NC(C)CC)cc1. The Bertz CT molecular complexity index is 346. The van der Waals surface area contributed by atoms with Crippen molar-refractivity contribution < 1.29 is 4.79 Å². The van der Waals surface area contributed by atoms with Gasteiger partial charge in [-0.3, -0.25) is 4.79 Å². The number of carbonyl (C=O) groups is 1. The summed E-state index contributed by atoms with van der Waals surface area (Å²) in [5, 5.41) is 6.19. The van der Waals surface area contributed by atoms with E-state index in [9.17, 15) is 4.79 Å². The minimum Gasteiger partial charge on any atom is -0.383 e. The third kappa shape index (κ3) is 4.89. The predicted molar refractivity (Wildman–Crippen MR) is 72.2 cm³/mol. The van der Waals surface area contributed by atoms with E-state index in [1.54, 1.807) is 0 Å². The summed E-state index contributed by atoms with van der Waals surface area (Å²) in [4.78, 5) is 11.4. The summed E-state index contributed by atoms with van der Waals surface area (Å²) in [7, 11) is 0. The predicted octanol–water partition coefficient (Wildman–Crippen LogP) is 2.58. The Morgan fingerprint density at radius 2 is 1.88 bits per heavy atom. The summed E-state index contributed by atoms with van der Waals surface area (Å²) in [6, 6.07) is 8.53. The van der Waals surface area contributed by atoms with Gasteiger partial charge < -0.3 is 10.6 Å². The van der Waals surface area contributed by atoms with Crippen LogP contribution < -0.4 is 10.6 Å². The van der Waals surface area contributed by atoms with Gasteiger partial charge in [-0.2, -0.15) is 0 Å². The molecule has 0 spiro atoms. The lowest BCUT2D eigenvalue weighted by molar-refractivity contribution is -0.120. The number of hydrogen-bond donors (Lipinski definition) is 2. The molecule has 1 unspecified atom stereocenters. The van der Waals surface area contributed by atoms with Crippen molar-refractivity contribution in [2.45, 2.75) is 39.7 Å². The van der Waals surface area contributed by atoms with Crippen LogP contribution in [-0.4, -0.2) is 18.5 Å². The average molecular weight is 234 g/mol. The molecule has 17 heavy (non-hydrogen) atoms. The topological polar surface area (TPSA) is 41.1 Å². The summed E-state index contributed by atoms with van der Waals surface area (Å²) in [6.07, 6.45) is 1.55. The summed E-state index contributed by atoms with van der Waals surface area (Å²) >= 11 is 0. The van der Waals surface area contributed by atoms with Crippen molar-refractivity contribution in [1.29, 1.82) is 0 Å². The lowest BCUT2D eigenvalue weighted by Gasteiger charge is -2.13. The molecule has 0 heterocycles. The number of benzene rings is 1. The second kappa shape index (κ2) is 6.94. The molecular weight excluding hydrogens is 212 g/mol. The lowest BCUT2D eigenvalue weighted by atomic mass is 10.1. The fraction of sp³-hybridized carbons (Fsp3) is 0.500. The highest BCUT2D eigenvalue weighted by molar-refractivity contribution is 5.78. The molecule has 3 nitrogen and oxygen atoms in total. The lowest BCUT2D eigenvalue weighted by Crippen LogP contribution is -2.24. The molecule has 0 saturated heterocycles. The van der Waals surface area contributed by atoms with E-state index < -0.39 is 0 Å². The van der Waals surface area contributed by atoms with Gasteiger partial charge in [0.2, 0.25) is 5.91 Å². The molecule has 1 atom stereocenters. The Balaban J connectivity index is 2.52. The van der Waals surface area contributed by atoms with E-state index >= 15 is 0 Å². The van der Waals surface area contributed by atoms with Gasteiger partial charge in [0.1, 0.15) is 0 Å². The highest BCUT2D eigenvalue weighted by Gasteiger charge is 2.02. The van der Waals surface area contributed by atoms with Gasteiger partial charge in [0, 0.05) is 18.3 Å². The van der Waals surface area contributed by atoms with E-state index in [1.165, 1.54) is 0 Å². The average Bonchev–Trinajstić information content (AvgIpc) is 2.32.